The van der Waals surface area contributed by atoms with Crippen molar-refractivity contribution in [2.75, 3.05) is 30.1 Å². The Bertz CT molecular complexity index is 1040. The molecule has 6 nitrogen and oxygen atoms in total. The van der Waals surface area contributed by atoms with Crippen LogP contribution in [-0.2, 0) is 0 Å². The van der Waals surface area contributed by atoms with Gasteiger partial charge in [0.1, 0.15) is 5.75 Å². The summed E-state index contributed by atoms with van der Waals surface area (Å²) in [4.78, 5) is 15.2. The standard InChI is InChI=1S/C20H22ClN5OS/c1-3-4-26(11-28)13-6-14-16(21)7-18(25-20(14)24-10-13)15-5-12(9-23-2)17(22)8-19(15)27/h5-10,27-28H,3-4,11,22H2,1-2H3. The Morgan fingerprint density at radius 3 is 2.79 bits per heavy atom. The smallest absolute Gasteiger partial charge is 0.161 e. The molecule has 8 heteroatoms. The second kappa shape index (κ2) is 8.67. The Morgan fingerprint density at radius 2 is 2.11 bits per heavy atom. The van der Waals surface area contributed by atoms with Crippen molar-refractivity contribution in [2.24, 2.45) is 4.99 Å². The molecule has 0 fully saturated rings. The number of phenols is 1. The molecule has 0 spiro atoms. The molecule has 3 N–H and O–H groups in total. The normalized spacial score (nSPS) is 11.4. The van der Waals surface area contributed by atoms with Gasteiger partial charge in [-0.25, -0.2) is 9.97 Å². The number of nitrogens with two attached hydrogens (primary N) is 1. The number of fused-ring (bicyclic) bond motifs is 1. The quantitative estimate of drug-likeness (QED) is 0.240. The van der Waals surface area contributed by atoms with Crippen LogP contribution in [0.25, 0.3) is 22.3 Å². The van der Waals surface area contributed by atoms with E-state index < -0.39 is 0 Å². The fourth-order valence-electron chi connectivity index (χ4n) is 3.00. The Kier molecular flexibility index (Phi) is 6.26. The van der Waals surface area contributed by atoms with Crippen LogP contribution in [0.3, 0.4) is 0 Å². The molecule has 1 aromatic carbocycles. The van der Waals surface area contributed by atoms with E-state index in [-0.39, 0.29) is 5.75 Å². The number of nitrogens with zero attached hydrogens (tertiary/aromatic N) is 4. The molecule has 0 aliphatic carbocycles. The van der Waals surface area contributed by atoms with Crippen molar-refractivity contribution in [1.29, 1.82) is 0 Å². The van der Waals surface area contributed by atoms with Crippen LogP contribution in [0.2, 0.25) is 5.02 Å². The summed E-state index contributed by atoms with van der Waals surface area (Å²) in [6, 6.07) is 6.90. The fraction of sp³-hybridized carbons (Fsp3) is 0.250. The number of benzene rings is 1. The maximum absolute atomic E-state index is 10.4. The number of halogens is 1. The highest BCUT2D eigenvalue weighted by Gasteiger charge is 2.14. The lowest BCUT2D eigenvalue weighted by Gasteiger charge is -2.21. The number of rotatable bonds is 6. The van der Waals surface area contributed by atoms with Crippen molar-refractivity contribution in [2.45, 2.75) is 13.3 Å². The largest absolute Gasteiger partial charge is 0.507 e. The number of aliphatic imine (C=N–C) groups is 1. The second-order valence-electron chi connectivity index (χ2n) is 6.34. The molecule has 0 saturated carbocycles. The topological polar surface area (TPSA) is 87.6 Å². The Morgan fingerprint density at radius 1 is 1.32 bits per heavy atom. The van der Waals surface area contributed by atoms with E-state index >= 15 is 0 Å². The van der Waals surface area contributed by atoms with Crippen LogP contribution in [0, 0.1) is 0 Å². The zero-order valence-corrected chi connectivity index (χ0v) is 17.4. The molecule has 146 valence electrons. The number of phenolic OH excluding ortho intramolecular Hbond substituents is 1. The van der Waals surface area contributed by atoms with E-state index in [2.05, 4.69) is 39.4 Å². The van der Waals surface area contributed by atoms with Gasteiger partial charge < -0.3 is 15.7 Å². The van der Waals surface area contributed by atoms with Crippen molar-refractivity contribution < 1.29 is 5.11 Å². The number of thiol groups is 1. The summed E-state index contributed by atoms with van der Waals surface area (Å²) in [6.45, 7) is 2.99. The number of anilines is 2. The minimum Gasteiger partial charge on any atom is -0.507 e. The number of nitrogen functional groups attached to an aromatic ring is 1. The first kappa shape index (κ1) is 20.2. The van der Waals surface area contributed by atoms with Crippen molar-refractivity contribution in [3.63, 3.8) is 0 Å². The highest BCUT2D eigenvalue weighted by Crippen LogP contribution is 2.35. The van der Waals surface area contributed by atoms with Crippen molar-refractivity contribution in [3.05, 3.63) is 41.0 Å². The van der Waals surface area contributed by atoms with Crippen LogP contribution >= 0.6 is 24.2 Å². The highest BCUT2D eigenvalue weighted by molar-refractivity contribution is 7.80. The third-order valence-electron chi connectivity index (χ3n) is 4.37. The van der Waals surface area contributed by atoms with Crippen LogP contribution in [-0.4, -0.2) is 40.8 Å². The third-order valence-corrected chi connectivity index (χ3v) is 5.03. The first-order chi connectivity index (χ1) is 13.5. The number of aromatic nitrogens is 2. The molecule has 0 amide bonds. The molecule has 0 saturated heterocycles. The predicted octanol–water partition coefficient (Wildman–Crippen LogP) is 4.39. The minimum atomic E-state index is 0.0227. The highest BCUT2D eigenvalue weighted by atomic mass is 35.5. The summed E-state index contributed by atoms with van der Waals surface area (Å²) in [5.41, 5.74) is 9.54. The number of hydrogen-bond donors (Lipinski definition) is 3. The molecule has 0 radical (unpaired) electrons. The zero-order chi connectivity index (χ0) is 20.3. The van der Waals surface area contributed by atoms with Gasteiger partial charge in [0.2, 0.25) is 0 Å². The number of pyridine rings is 2. The first-order valence-corrected chi connectivity index (χ1v) is 9.86. The van der Waals surface area contributed by atoms with Crippen LogP contribution in [0.1, 0.15) is 18.9 Å². The fourth-order valence-corrected chi connectivity index (χ4v) is 3.54. The summed E-state index contributed by atoms with van der Waals surface area (Å²) in [6.07, 6.45) is 4.40. The minimum absolute atomic E-state index is 0.0227. The van der Waals surface area contributed by atoms with Crippen molar-refractivity contribution in [3.8, 4) is 17.0 Å². The van der Waals surface area contributed by atoms with Gasteiger partial charge >= 0.3 is 0 Å². The van der Waals surface area contributed by atoms with E-state index in [1.54, 1.807) is 31.6 Å². The molecule has 0 bridgehead atoms. The van der Waals surface area contributed by atoms with E-state index in [0.717, 1.165) is 24.0 Å². The molecule has 0 aliphatic heterocycles. The average Bonchev–Trinajstić information content (AvgIpc) is 2.68. The van der Waals surface area contributed by atoms with E-state index in [1.807, 2.05) is 6.07 Å². The third kappa shape index (κ3) is 4.00. The SMILES string of the molecule is CCCN(CS)c1cnc2nc(-c3cc(C=NC)c(N)cc3O)cc(Cl)c2c1. The maximum Gasteiger partial charge on any atom is 0.161 e. The zero-order valence-electron chi connectivity index (χ0n) is 15.7. The number of aromatic hydroxyl groups is 1. The van der Waals surface area contributed by atoms with E-state index in [0.29, 0.717) is 39.1 Å². The van der Waals surface area contributed by atoms with Crippen LogP contribution in [0.15, 0.2) is 35.5 Å². The molecule has 3 rings (SSSR count). The van der Waals surface area contributed by atoms with Gasteiger partial charge in [-0.3, -0.25) is 4.99 Å². The Labute approximate surface area is 174 Å². The maximum atomic E-state index is 10.4. The summed E-state index contributed by atoms with van der Waals surface area (Å²) < 4.78 is 0. The molecule has 28 heavy (non-hydrogen) atoms. The molecule has 0 unspecified atom stereocenters. The Hall–Kier alpha value is -2.51. The van der Waals surface area contributed by atoms with E-state index in [1.165, 1.54) is 6.07 Å². The van der Waals surface area contributed by atoms with Gasteiger partial charge in [0.15, 0.2) is 5.65 Å². The predicted molar refractivity (Wildman–Crippen MR) is 121 cm³/mol. The lowest BCUT2D eigenvalue weighted by molar-refractivity contribution is 0.477. The van der Waals surface area contributed by atoms with Gasteiger partial charge in [-0.2, -0.15) is 12.6 Å². The summed E-state index contributed by atoms with van der Waals surface area (Å²) in [7, 11) is 1.66. The summed E-state index contributed by atoms with van der Waals surface area (Å²) in [5.74, 6) is 0.611. The Balaban J connectivity index is 2.11. The first-order valence-electron chi connectivity index (χ1n) is 8.85. The lowest BCUT2D eigenvalue weighted by atomic mass is 10.0. The van der Waals surface area contributed by atoms with Gasteiger partial charge in [0.25, 0.3) is 0 Å². The molecule has 3 aromatic rings. The van der Waals surface area contributed by atoms with Gasteiger partial charge in [-0.1, -0.05) is 18.5 Å². The van der Waals surface area contributed by atoms with E-state index in [4.69, 9.17) is 17.3 Å². The molecule has 0 aliphatic rings. The lowest BCUT2D eigenvalue weighted by Crippen LogP contribution is -2.22. The monoisotopic (exact) mass is 415 g/mol. The van der Waals surface area contributed by atoms with Crippen LogP contribution < -0.4 is 10.6 Å². The van der Waals surface area contributed by atoms with Gasteiger partial charge in [0, 0.05) is 48.1 Å². The number of hydrogen-bond acceptors (Lipinski definition) is 7. The molecule has 2 aromatic heterocycles. The van der Waals surface area contributed by atoms with Gasteiger partial charge in [-0.15, -0.1) is 0 Å². The van der Waals surface area contributed by atoms with Crippen molar-refractivity contribution in [1.82, 2.24) is 9.97 Å². The average molecular weight is 416 g/mol. The molecule has 0 atom stereocenters. The van der Waals surface area contributed by atoms with E-state index in [9.17, 15) is 5.11 Å². The summed E-state index contributed by atoms with van der Waals surface area (Å²) >= 11 is 10.9. The van der Waals surface area contributed by atoms with Gasteiger partial charge in [-0.05, 0) is 24.6 Å². The van der Waals surface area contributed by atoms with Crippen molar-refractivity contribution >= 4 is 52.9 Å². The van der Waals surface area contributed by atoms with Crippen LogP contribution in [0.5, 0.6) is 5.75 Å². The summed E-state index contributed by atoms with van der Waals surface area (Å²) in [5, 5.41) is 11.6. The van der Waals surface area contributed by atoms with Gasteiger partial charge in [0.05, 0.1) is 28.5 Å². The molecule has 2 heterocycles. The molecular formula is C20H22ClN5OS. The second-order valence-corrected chi connectivity index (χ2v) is 7.03. The van der Waals surface area contributed by atoms with Crippen LogP contribution in [0.4, 0.5) is 11.4 Å². The molecular weight excluding hydrogens is 394 g/mol.